The van der Waals surface area contributed by atoms with Gasteiger partial charge in [-0.1, -0.05) is 12.1 Å². The van der Waals surface area contributed by atoms with E-state index in [1.807, 2.05) is 55.6 Å². The first-order chi connectivity index (χ1) is 11.5. The minimum atomic E-state index is -0.766. The molecule has 3 aromatic rings. The minimum Gasteiger partial charge on any atom is -0.375 e. The first-order valence-electron chi connectivity index (χ1n) is 7.38. The molecule has 0 radical (unpaired) electrons. The van der Waals surface area contributed by atoms with Crippen molar-refractivity contribution in [2.45, 2.75) is 19.3 Å². The van der Waals surface area contributed by atoms with E-state index in [9.17, 15) is 4.79 Å². The van der Waals surface area contributed by atoms with Gasteiger partial charge in [0.25, 0.3) is 0 Å². The Balaban J connectivity index is 1.75. The van der Waals surface area contributed by atoms with Gasteiger partial charge in [-0.2, -0.15) is 10.2 Å². The summed E-state index contributed by atoms with van der Waals surface area (Å²) in [5.41, 5.74) is 8.00. The van der Waals surface area contributed by atoms with Crippen molar-refractivity contribution in [2.75, 3.05) is 11.1 Å². The number of amides is 1. The highest BCUT2D eigenvalue weighted by Gasteiger charge is 2.32. The molecule has 1 amide bonds. The lowest BCUT2D eigenvalue weighted by molar-refractivity contribution is -0.120. The van der Waals surface area contributed by atoms with E-state index in [1.165, 1.54) is 11.3 Å². The Morgan fingerprint density at radius 2 is 1.96 bits per heavy atom. The van der Waals surface area contributed by atoms with E-state index in [4.69, 9.17) is 5.73 Å². The summed E-state index contributed by atoms with van der Waals surface area (Å²) in [6.07, 6.45) is 1.63. The summed E-state index contributed by atoms with van der Waals surface area (Å²) in [6, 6.07) is 11.2. The maximum absolute atomic E-state index is 12.6. The van der Waals surface area contributed by atoms with Gasteiger partial charge < -0.3 is 11.1 Å². The van der Waals surface area contributed by atoms with E-state index >= 15 is 0 Å². The van der Waals surface area contributed by atoms with Crippen LogP contribution in [0, 0.1) is 0 Å². The summed E-state index contributed by atoms with van der Waals surface area (Å²) in [7, 11) is 0. The highest BCUT2D eigenvalue weighted by atomic mass is 32.1. The molecule has 3 rings (SSSR count). The van der Waals surface area contributed by atoms with Crippen LogP contribution in [-0.4, -0.2) is 21.1 Å². The molecule has 0 atom stereocenters. The number of nitrogen functional groups attached to an aromatic ring is 1. The molecule has 2 heterocycles. The summed E-state index contributed by atoms with van der Waals surface area (Å²) < 4.78 is 0. The van der Waals surface area contributed by atoms with Gasteiger partial charge in [-0.15, -0.1) is 11.3 Å². The number of nitrogens with one attached hydrogen (secondary N) is 1. The second-order valence-corrected chi connectivity index (χ2v) is 6.73. The van der Waals surface area contributed by atoms with Crippen LogP contribution in [0.2, 0.25) is 0 Å². The van der Waals surface area contributed by atoms with Gasteiger partial charge in [-0.25, -0.2) is 4.98 Å². The van der Waals surface area contributed by atoms with Gasteiger partial charge in [0.05, 0.1) is 16.8 Å². The molecule has 3 N–H and O–H groups in total. The third-order valence-corrected chi connectivity index (χ3v) is 4.41. The first-order valence-corrected chi connectivity index (χ1v) is 8.26. The lowest BCUT2D eigenvalue weighted by Crippen LogP contribution is -2.35. The van der Waals surface area contributed by atoms with Crippen LogP contribution in [0.25, 0.3) is 11.3 Å². The number of aromatic nitrogens is 3. The number of hydrogen-bond acceptors (Lipinski definition) is 6. The average molecular weight is 339 g/mol. The van der Waals surface area contributed by atoms with E-state index in [0.29, 0.717) is 16.5 Å². The molecule has 0 spiro atoms. The lowest BCUT2D eigenvalue weighted by Gasteiger charge is -2.21. The van der Waals surface area contributed by atoms with Crippen molar-refractivity contribution >= 4 is 28.1 Å². The highest BCUT2D eigenvalue weighted by Crippen LogP contribution is 2.28. The molecular weight excluding hydrogens is 322 g/mol. The largest absolute Gasteiger partial charge is 0.375 e. The molecular formula is C17H17N5OS. The summed E-state index contributed by atoms with van der Waals surface area (Å²) >= 11 is 1.33. The smallest absolute Gasteiger partial charge is 0.236 e. The molecule has 0 aliphatic rings. The van der Waals surface area contributed by atoms with Gasteiger partial charge in [0.15, 0.2) is 5.13 Å². The molecule has 6 nitrogen and oxygen atoms in total. The van der Waals surface area contributed by atoms with E-state index in [1.54, 1.807) is 6.20 Å². The summed E-state index contributed by atoms with van der Waals surface area (Å²) in [5.74, 6) is -0.139. The molecule has 0 saturated heterocycles. The standard InChI is InChI=1S/C17H17N5OS/c1-17(2,14-10-24-16(18)21-14)15(23)20-12-7-5-11(6-8-12)13-4-3-9-19-22-13/h3-10H,1-2H3,(H2,18,21)(H,20,23). The van der Waals surface area contributed by atoms with Crippen molar-refractivity contribution in [1.82, 2.24) is 15.2 Å². The number of nitrogens with two attached hydrogens (primary N) is 1. The maximum atomic E-state index is 12.6. The zero-order valence-corrected chi connectivity index (χ0v) is 14.2. The normalized spacial score (nSPS) is 11.2. The molecule has 1 aromatic carbocycles. The quantitative estimate of drug-likeness (QED) is 0.762. The van der Waals surface area contributed by atoms with Crippen molar-refractivity contribution in [3.05, 3.63) is 53.7 Å². The van der Waals surface area contributed by atoms with Gasteiger partial charge >= 0.3 is 0 Å². The van der Waals surface area contributed by atoms with Crippen molar-refractivity contribution in [2.24, 2.45) is 0 Å². The van der Waals surface area contributed by atoms with Gasteiger partial charge in [-0.3, -0.25) is 4.79 Å². The SMILES string of the molecule is CC(C)(C(=O)Nc1ccc(-c2cccnn2)cc1)c1csc(N)n1. The molecule has 0 aliphatic heterocycles. The number of anilines is 2. The number of nitrogens with zero attached hydrogens (tertiary/aromatic N) is 3. The predicted molar refractivity (Wildman–Crippen MR) is 95.7 cm³/mol. The molecule has 0 bridgehead atoms. The Morgan fingerprint density at radius 3 is 2.54 bits per heavy atom. The van der Waals surface area contributed by atoms with Crippen molar-refractivity contribution < 1.29 is 4.79 Å². The zero-order chi connectivity index (χ0) is 17.2. The van der Waals surface area contributed by atoms with Crippen LogP contribution in [0.3, 0.4) is 0 Å². The van der Waals surface area contributed by atoms with Crippen LogP contribution in [0.4, 0.5) is 10.8 Å². The Kier molecular flexibility index (Phi) is 4.26. The molecule has 122 valence electrons. The fraction of sp³-hybridized carbons (Fsp3) is 0.176. The number of benzene rings is 1. The second-order valence-electron chi connectivity index (χ2n) is 5.84. The average Bonchev–Trinajstić information content (AvgIpc) is 3.03. The van der Waals surface area contributed by atoms with Crippen molar-refractivity contribution in [1.29, 1.82) is 0 Å². The van der Waals surface area contributed by atoms with E-state index in [2.05, 4.69) is 20.5 Å². The monoisotopic (exact) mass is 339 g/mol. The maximum Gasteiger partial charge on any atom is 0.236 e. The Labute approximate surface area is 143 Å². The van der Waals surface area contributed by atoms with Gasteiger partial charge in [0, 0.05) is 22.8 Å². The minimum absolute atomic E-state index is 0.139. The highest BCUT2D eigenvalue weighted by molar-refractivity contribution is 7.13. The lowest BCUT2D eigenvalue weighted by atomic mass is 9.89. The molecule has 2 aromatic heterocycles. The van der Waals surface area contributed by atoms with Crippen LogP contribution >= 0.6 is 11.3 Å². The Bertz CT molecular complexity index is 843. The van der Waals surface area contributed by atoms with Crippen LogP contribution in [0.5, 0.6) is 0 Å². The fourth-order valence-corrected chi connectivity index (χ4v) is 2.89. The molecule has 0 aliphatic carbocycles. The number of hydrogen-bond donors (Lipinski definition) is 2. The predicted octanol–water partition coefficient (Wildman–Crippen LogP) is 3.10. The molecule has 0 unspecified atom stereocenters. The van der Waals surface area contributed by atoms with Crippen molar-refractivity contribution in [3.8, 4) is 11.3 Å². The molecule has 0 fully saturated rings. The zero-order valence-electron chi connectivity index (χ0n) is 13.4. The van der Waals surface area contributed by atoms with Gasteiger partial charge in [-0.05, 0) is 38.1 Å². The Morgan fingerprint density at radius 1 is 1.21 bits per heavy atom. The Hall–Kier alpha value is -2.80. The molecule has 24 heavy (non-hydrogen) atoms. The number of thiazole rings is 1. The summed E-state index contributed by atoms with van der Waals surface area (Å²) in [5, 5.41) is 13.1. The van der Waals surface area contributed by atoms with Crippen LogP contribution in [0.15, 0.2) is 48.0 Å². The van der Waals surface area contributed by atoms with E-state index in [0.717, 1.165) is 11.3 Å². The molecule has 0 saturated carbocycles. The molecule has 7 heteroatoms. The number of rotatable bonds is 4. The number of carbonyl (C=O) groups is 1. The summed E-state index contributed by atoms with van der Waals surface area (Å²) in [6.45, 7) is 3.65. The van der Waals surface area contributed by atoms with Crippen LogP contribution in [0.1, 0.15) is 19.5 Å². The first kappa shape index (κ1) is 16.1. The number of carbonyl (C=O) groups excluding carboxylic acids is 1. The van der Waals surface area contributed by atoms with Crippen LogP contribution < -0.4 is 11.1 Å². The van der Waals surface area contributed by atoms with E-state index < -0.39 is 5.41 Å². The third kappa shape index (κ3) is 3.26. The van der Waals surface area contributed by atoms with Crippen molar-refractivity contribution in [3.63, 3.8) is 0 Å². The van der Waals surface area contributed by atoms with Crippen LogP contribution in [-0.2, 0) is 10.2 Å². The second kappa shape index (κ2) is 6.37. The van der Waals surface area contributed by atoms with Gasteiger partial charge in [0.2, 0.25) is 5.91 Å². The third-order valence-electron chi connectivity index (χ3n) is 3.74. The topological polar surface area (TPSA) is 93.8 Å². The summed E-state index contributed by atoms with van der Waals surface area (Å²) in [4.78, 5) is 16.8. The van der Waals surface area contributed by atoms with E-state index in [-0.39, 0.29) is 5.91 Å². The van der Waals surface area contributed by atoms with Gasteiger partial charge in [0.1, 0.15) is 0 Å². The fourth-order valence-electron chi connectivity index (χ4n) is 2.16.